The molecule has 4 nitrogen and oxygen atoms in total. The maximum Gasteiger partial charge on any atom is 0.207 e. The number of hydrogen-bond acceptors (Lipinski definition) is 3. The lowest BCUT2D eigenvalue weighted by atomic mass is 10.4. The van der Waals surface area contributed by atoms with Crippen LogP contribution in [0.15, 0.2) is 4.99 Å². The van der Waals surface area contributed by atoms with Crippen LogP contribution < -0.4 is 0 Å². The molecule has 0 aromatic heterocycles. The fourth-order valence-corrected chi connectivity index (χ4v) is 0.986. The van der Waals surface area contributed by atoms with Crippen molar-refractivity contribution >= 4 is 5.84 Å². The smallest absolute Gasteiger partial charge is 0.207 e. The Morgan fingerprint density at radius 1 is 1.64 bits per heavy atom. The van der Waals surface area contributed by atoms with Crippen LogP contribution in [0.5, 0.6) is 0 Å². The number of likely N-dealkylation sites (N-methyl/N-ethyl adjacent to an activating group) is 1. The Bertz CT molecular complexity index is 194. The van der Waals surface area contributed by atoms with E-state index < -0.39 is 0 Å². The molecule has 0 unspecified atom stereocenters. The van der Waals surface area contributed by atoms with E-state index in [1.54, 1.807) is 6.19 Å². The molecule has 1 fully saturated rings. The summed E-state index contributed by atoms with van der Waals surface area (Å²) >= 11 is 0. The zero-order valence-corrected chi connectivity index (χ0v) is 6.58. The maximum absolute atomic E-state index is 8.32. The summed E-state index contributed by atoms with van der Waals surface area (Å²) in [6, 6.07) is 0. The lowest BCUT2D eigenvalue weighted by Gasteiger charge is -2.14. The first-order chi connectivity index (χ1) is 5.34. The molecule has 1 saturated heterocycles. The maximum atomic E-state index is 8.32. The molecule has 1 heterocycles. The highest BCUT2D eigenvalue weighted by molar-refractivity contribution is 5.83. The molecule has 11 heavy (non-hydrogen) atoms. The molecule has 0 spiro atoms. The van der Waals surface area contributed by atoms with E-state index in [0.29, 0.717) is 6.61 Å². The summed E-state index contributed by atoms with van der Waals surface area (Å²) in [5, 5.41) is 8.32. The highest BCUT2D eigenvalue weighted by Gasteiger charge is 2.10. The molecule has 0 saturated carbocycles. The quantitative estimate of drug-likeness (QED) is 0.468. The van der Waals surface area contributed by atoms with Gasteiger partial charge in [0.1, 0.15) is 5.84 Å². The second-order valence-corrected chi connectivity index (χ2v) is 2.41. The lowest BCUT2D eigenvalue weighted by Crippen LogP contribution is -2.27. The molecule has 1 aliphatic heterocycles. The summed E-state index contributed by atoms with van der Waals surface area (Å²) in [5.41, 5.74) is 0. The van der Waals surface area contributed by atoms with E-state index in [1.165, 1.54) is 0 Å². The highest BCUT2D eigenvalue weighted by atomic mass is 16.5. The minimum Gasteiger partial charge on any atom is -0.379 e. The third-order valence-electron chi connectivity index (χ3n) is 1.66. The highest BCUT2D eigenvalue weighted by Crippen LogP contribution is 1.99. The van der Waals surface area contributed by atoms with Gasteiger partial charge >= 0.3 is 0 Å². The van der Waals surface area contributed by atoms with Crippen LogP contribution in [0.3, 0.4) is 0 Å². The van der Waals surface area contributed by atoms with E-state index in [9.17, 15) is 0 Å². The Balaban J connectivity index is 2.61. The van der Waals surface area contributed by atoms with Gasteiger partial charge in [-0.2, -0.15) is 10.3 Å². The average Bonchev–Trinajstić information content (AvgIpc) is 2.18. The molecular formula is C7H11N3O. The Morgan fingerprint density at radius 2 is 2.45 bits per heavy atom. The van der Waals surface area contributed by atoms with Crippen LogP contribution in [0.25, 0.3) is 0 Å². The summed E-state index contributed by atoms with van der Waals surface area (Å²) in [7, 11) is 1.92. The van der Waals surface area contributed by atoms with Gasteiger partial charge in [0.05, 0.1) is 13.2 Å². The van der Waals surface area contributed by atoms with Gasteiger partial charge in [-0.3, -0.25) is 0 Å². The molecule has 0 amide bonds. The van der Waals surface area contributed by atoms with Gasteiger partial charge in [0, 0.05) is 20.0 Å². The fourth-order valence-electron chi connectivity index (χ4n) is 0.986. The Kier molecular flexibility index (Phi) is 2.87. The predicted molar refractivity (Wildman–Crippen MR) is 41.1 cm³/mol. The van der Waals surface area contributed by atoms with Crippen LogP contribution in [-0.2, 0) is 4.74 Å². The predicted octanol–water partition coefficient (Wildman–Crippen LogP) is 0.218. The van der Waals surface area contributed by atoms with E-state index in [-0.39, 0.29) is 0 Å². The molecule has 0 N–H and O–H groups in total. The van der Waals surface area contributed by atoms with E-state index in [4.69, 9.17) is 10.00 Å². The topological polar surface area (TPSA) is 48.6 Å². The van der Waals surface area contributed by atoms with Gasteiger partial charge in [0.2, 0.25) is 6.19 Å². The lowest BCUT2D eigenvalue weighted by molar-refractivity contribution is 0.144. The van der Waals surface area contributed by atoms with Gasteiger partial charge in [0.15, 0.2) is 0 Å². The van der Waals surface area contributed by atoms with Gasteiger partial charge in [-0.25, -0.2) is 0 Å². The summed E-state index contributed by atoms with van der Waals surface area (Å²) in [4.78, 5) is 5.65. The van der Waals surface area contributed by atoms with Crippen molar-refractivity contribution in [1.29, 1.82) is 5.26 Å². The number of nitriles is 1. The molecule has 0 aromatic carbocycles. The van der Waals surface area contributed by atoms with Crippen LogP contribution in [0.2, 0.25) is 0 Å². The van der Waals surface area contributed by atoms with Crippen LogP contribution in [0.4, 0.5) is 0 Å². The Hall–Kier alpha value is -1.08. The third-order valence-corrected chi connectivity index (χ3v) is 1.66. The number of ether oxygens (including phenoxy) is 1. The molecular weight excluding hydrogens is 142 g/mol. The standard InChI is InChI=1S/C7H11N3O/c1-10-3-5-11-4-2-7(10)9-6-8/h2-5H2,1H3/b9-7+. The summed E-state index contributed by atoms with van der Waals surface area (Å²) in [5.74, 6) is 0.824. The van der Waals surface area contributed by atoms with Crippen molar-refractivity contribution in [3.8, 4) is 6.19 Å². The molecule has 4 heteroatoms. The number of aliphatic imine (C=N–C) groups is 1. The van der Waals surface area contributed by atoms with Crippen molar-refractivity contribution in [1.82, 2.24) is 4.90 Å². The normalized spacial score (nSPS) is 22.9. The van der Waals surface area contributed by atoms with E-state index in [2.05, 4.69) is 4.99 Å². The van der Waals surface area contributed by atoms with Crippen LogP contribution in [-0.4, -0.2) is 37.5 Å². The number of nitrogens with zero attached hydrogens (tertiary/aromatic N) is 3. The zero-order valence-electron chi connectivity index (χ0n) is 6.58. The molecule has 0 aliphatic carbocycles. The Labute approximate surface area is 66.1 Å². The van der Waals surface area contributed by atoms with E-state index in [1.807, 2.05) is 11.9 Å². The Morgan fingerprint density at radius 3 is 3.18 bits per heavy atom. The monoisotopic (exact) mass is 153 g/mol. The first kappa shape index (κ1) is 8.02. The van der Waals surface area contributed by atoms with Crippen molar-refractivity contribution in [3.05, 3.63) is 0 Å². The molecule has 0 radical (unpaired) electrons. The molecule has 0 atom stereocenters. The fraction of sp³-hybridized carbons (Fsp3) is 0.714. The molecule has 1 aliphatic rings. The van der Waals surface area contributed by atoms with Crippen molar-refractivity contribution < 1.29 is 4.74 Å². The average molecular weight is 153 g/mol. The van der Waals surface area contributed by atoms with Crippen molar-refractivity contribution in [2.24, 2.45) is 4.99 Å². The minimum absolute atomic E-state index is 0.671. The largest absolute Gasteiger partial charge is 0.379 e. The van der Waals surface area contributed by atoms with E-state index >= 15 is 0 Å². The van der Waals surface area contributed by atoms with Crippen LogP contribution in [0, 0.1) is 11.5 Å². The van der Waals surface area contributed by atoms with Gasteiger partial charge in [-0.15, -0.1) is 0 Å². The van der Waals surface area contributed by atoms with Crippen molar-refractivity contribution in [2.75, 3.05) is 26.8 Å². The third kappa shape index (κ3) is 2.20. The summed E-state index contributed by atoms with van der Waals surface area (Å²) < 4.78 is 5.21. The minimum atomic E-state index is 0.671. The van der Waals surface area contributed by atoms with Crippen LogP contribution >= 0.6 is 0 Å². The first-order valence-corrected chi connectivity index (χ1v) is 3.59. The summed E-state index contributed by atoms with van der Waals surface area (Å²) in [6.45, 7) is 2.21. The SMILES string of the molecule is CN1CCOCC/C1=N\C#N. The second kappa shape index (κ2) is 3.94. The van der Waals surface area contributed by atoms with Crippen molar-refractivity contribution in [2.45, 2.75) is 6.42 Å². The summed E-state index contributed by atoms with van der Waals surface area (Å²) in [6.07, 6.45) is 2.53. The first-order valence-electron chi connectivity index (χ1n) is 3.59. The number of hydrogen-bond donors (Lipinski definition) is 0. The van der Waals surface area contributed by atoms with E-state index in [0.717, 1.165) is 25.4 Å². The second-order valence-electron chi connectivity index (χ2n) is 2.41. The van der Waals surface area contributed by atoms with Gasteiger partial charge in [-0.1, -0.05) is 0 Å². The molecule has 60 valence electrons. The number of amidine groups is 1. The number of rotatable bonds is 0. The molecule has 0 aromatic rings. The molecule has 0 bridgehead atoms. The molecule has 1 rings (SSSR count). The van der Waals surface area contributed by atoms with Crippen LogP contribution in [0.1, 0.15) is 6.42 Å². The zero-order chi connectivity index (χ0) is 8.10. The van der Waals surface area contributed by atoms with Crippen molar-refractivity contribution in [3.63, 3.8) is 0 Å². The van der Waals surface area contributed by atoms with Gasteiger partial charge in [-0.05, 0) is 0 Å². The van der Waals surface area contributed by atoms with Gasteiger partial charge < -0.3 is 9.64 Å². The van der Waals surface area contributed by atoms with Gasteiger partial charge in [0.25, 0.3) is 0 Å².